The molecule has 0 saturated heterocycles. The number of rotatable bonds is 38. The Balaban J connectivity index is 6.88. The summed E-state index contributed by atoms with van der Waals surface area (Å²) in [5.41, 5.74) is 0. The Morgan fingerprint density at radius 3 is 1.28 bits per heavy atom. The van der Waals surface area contributed by atoms with E-state index < -0.39 is 151 Å². The van der Waals surface area contributed by atoms with Gasteiger partial charge in [-0.15, -0.1) is 0 Å². The number of alkyl halides is 1. The molecule has 0 aromatic heterocycles. The Labute approximate surface area is 533 Å². The minimum absolute atomic E-state index is 0.0547. The summed E-state index contributed by atoms with van der Waals surface area (Å²) in [6, 6.07) is -11.0. The van der Waals surface area contributed by atoms with Crippen LogP contribution in [0.15, 0.2) is 12.2 Å². The summed E-state index contributed by atoms with van der Waals surface area (Å²) >= 11 is -1.55. The van der Waals surface area contributed by atoms with Crippen molar-refractivity contribution in [2.75, 3.05) is 63.0 Å². The number of allylic oxidation sites excluding steroid dienone is 2. The van der Waals surface area contributed by atoms with Crippen LogP contribution in [0.5, 0.6) is 0 Å². The number of aliphatic hydroxyl groups is 1. The first-order chi connectivity index (χ1) is 40.2. The number of nitrogens with one attached hydrogen (secondary N) is 4. The van der Waals surface area contributed by atoms with E-state index in [9.17, 15) is 56.1 Å². The second kappa shape index (κ2) is 39.1. The number of nitrogens with zero attached hydrogens (tertiary/aromatic N) is 7. The number of amides is 10. The summed E-state index contributed by atoms with van der Waals surface area (Å²) in [6.45, 7) is 30.1. The van der Waals surface area contributed by atoms with Crippen LogP contribution in [-0.2, 0) is 51.0 Å². The van der Waals surface area contributed by atoms with E-state index in [1.165, 1.54) is 61.6 Å². The van der Waals surface area contributed by atoms with Gasteiger partial charge >= 0.3 is 0 Å². The zero-order valence-electron chi connectivity index (χ0n) is 57.7. The van der Waals surface area contributed by atoms with E-state index in [2.05, 4.69) is 21.3 Å². The van der Waals surface area contributed by atoms with Gasteiger partial charge in [0.2, 0.25) is 59.1 Å². The lowest BCUT2D eigenvalue weighted by Crippen LogP contribution is -2.62. The minimum atomic E-state index is -1.55. The Bertz CT molecular complexity index is 2300. The fourth-order valence-corrected chi connectivity index (χ4v) is 12.3. The van der Waals surface area contributed by atoms with Gasteiger partial charge < -0.3 is 55.8 Å². The summed E-state index contributed by atoms with van der Waals surface area (Å²) in [5, 5.41) is 21.9. The summed E-state index contributed by atoms with van der Waals surface area (Å²) in [5.74, 6) is -6.79. The number of carbonyl (C=O) groups excluding carboxylic acids is 10. The lowest BCUT2D eigenvalue weighted by Gasteiger charge is -2.39. The van der Waals surface area contributed by atoms with Gasteiger partial charge in [0.1, 0.15) is 58.4 Å². The second-order valence-corrected chi connectivity index (χ2v) is 28.4. The van der Waals surface area contributed by atoms with Crippen molar-refractivity contribution in [1.29, 1.82) is 0 Å². The van der Waals surface area contributed by atoms with E-state index in [1.807, 2.05) is 114 Å². The molecule has 24 heteroatoms. The molecule has 0 aliphatic carbocycles. The molecule has 0 aliphatic heterocycles. The third kappa shape index (κ3) is 25.4. The Morgan fingerprint density at radius 1 is 0.437 bits per heavy atom. The standard InChI is InChI=1S/C63H116IN11O12/c1-26-28-29-42(15)34-48(72(22)63(86)53(41(13)14)75(25)60(83)49(69(18)19)32-38(7)8)56(79)67-45(27-2)59(82)73(23)50(35-76)61(84)70(20)47(31-37(5)6)57(80)68-52(40(11)12)62(85)71(21)46(30-36(3)4)55(78)65-43(16)54(77)66-44(17)58(81)74(24)51(64-87)33-39(9)10/h26,28,36-53,76H,27,29-35H2,1-25H3,(H,65,78)(H,66,77)(H,67,79)(H,68,80)/b28-26+/t42-,43-,44-,45+,46+,47+,48?,49+,50?,51+,52+,53+/m1/s1. The third-order valence-corrected chi connectivity index (χ3v) is 17.9. The molecule has 0 bridgehead atoms. The van der Waals surface area contributed by atoms with Crippen molar-refractivity contribution >= 4 is 80.3 Å². The lowest BCUT2D eigenvalue weighted by molar-refractivity contribution is -0.153. The van der Waals surface area contributed by atoms with E-state index in [0.29, 0.717) is 19.3 Å². The number of carbonyl (C=O) groups is 10. The largest absolute Gasteiger partial charge is 0.394 e. The number of likely N-dealkylation sites (N-methyl/N-ethyl adjacent to an activating group) is 7. The fourth-order valence-electron chi connectivity index (χ4n) is 10.4. The van der Waals surface area contributed by atoms with Crippen LogP contribution in [0.2, 0.25) is 0 Å². The molecule has 0 fully saturated rings. The molecule has 2 unspecified atom stereocenters. The summed E-state index contributed by atoms with van der Waals surface area (Å²) in [6.07, 6.45) is 6.09. The molecule has 87 heavy (non-hydrogen) atoms. The number of halogens is 1. The predicted molar refractivity (Wildman–Crippen MR) is 349 cm³/mol. The van der Waals surface area contributed by atoms with Crippen molar-refractivity contribution in [2.45, 2.75) is 227 Å². The SMILES string of the molecule is C/C=C/C[C@@H](C)CC(C(=O)N[C@@H](CC)C(=O)N(C)C(CO)C(=O)N(C)[C@@H](CC(C)C)C(=O)N[C@H](C(=O)N(C)[C@@H](CC(C)C)C(=O)N[C@H](C)C(=O)N[C@H](C)C(=O)N(C)[C@@H](CC(C)C)I=O)C(C)C)N(C)C(=O)[C@H](C(C)C)N(C)C(=O)[C@H](CC(C)C)N(C)C. The molecule has 0 aliphatic rings. The summed E-state index contributed by atoms with van der Waals surface area (Å²) in [4.78, 5) is 152. The van der Waals surface area contributed by atoms with Gasteiger partial charge in [-0.1, -0.05) is 109 Å². The van der Waals surface area contributed by atoms with Crippen LogP contribution in [0.25, 0.3) is 0 Å². The quantitative estimate of drug-likeness (QED) is 0.0235. The lowest BCUT2D eigenvalue weighted by atomic mass is 9.94. The van der Waals surface area contributed by atoms with E-state index in [4.69, 9.17) is 0 Å². The average molecular weight is 1350 g/mol. The zero-order valence-corrected chi connectivity index (χ0v) is 59.8. The van der Waals surface area contributed by atoms with Crippen LogP contribution in [0.1, 0.15) is 163 Å². The molecule has 0 saturated carbocycles. The Hall–Kier alpha value is -5.11. The van der Waals surface area contributed by atoms with E-state index in [0.717, 1.165) is 9.80 Å². The molecule has 0 spiro atoms. The predicted octanol–water partition coefficient (Wildman–Crippen LogP) is 5.02. The highest BCUT2D eigenvalue weighted by Crippen LogP contribution is 2.25. The fraction of sp³-hybridized carbons (Fsp3) is 0.810. The minimum Gasteiger partial charge on any atom is -0.394 e. The van der Waals surface area contributed by atoms with Crippen molar-refractivity contribution in [3.63, 3.8) is 0 Å². The molecule has 5 N–H and O–H groups in total. The van der Waals surface area contributed by atoms with Gasteiger partial charge in [0.05, 0.1) is 12.6 Å². The van der Waals surface area contributed by atoms with Crippen LogP contribution < -0.4 is 21.3 Å². The van der Waals surface area contributed by atoms with Gasteiger partial charge in [0.25, 0.3) is 0 Å². The van der Waals surface area contributed by atoms with Gasteiger partial charge in [-0.25, -0.2) is 0 Å². The first kappa shape index (κ1) is 81.9. The Morgan fingerprint density at radius 2 is 0.851 bits per heavy atom. The van der Waals surface area contributed by atoms with Crippen molar-refractivity contribution in [3.05, 3.63) is 12.2 Å². The van der Waals surface area contributed by atoms with Crippen LogP contribution >= 0.6 is 21.2 Å². The van der Waals surface area contributed by atoms with Gasteiger partial charge in [-0.05, 0) is 121 Å². The molecule has 0 aromatic carbocycles. The highest BCUT2D eigenvalue weighted by atomic mass is 127. The van der Waals surface area contributed by atoms with Gasteiger partial charge in [0, 0.05) is 42.3 Å². The van der Waals surface area contributed by atoms with Crippen molar-refractivity contribution in [3.8, 4) is 0 Å². The van der Waals surface area contributed by atoms with Crippen molar-refractivity contribution in [2.24, 2.45) is 41.4 Å². The molecule has 0 heterocycles. The highest BCUT2D eigenvalue weighted by molar-refractivity contribution is 14.1. The average Bonchev–Trinajstić information content (AvgIpc) is 1.74. The van der Waals surface area contributed by atoms with Crippen LogP contribution in [-0.4, -0.2) is 226 Å². The van der Waals surface area contributed by atoms with Crippen LogP contribution in [0.3, 0.4) is 0 Å². The molecular weight excluding hydrogens is 1230 g/mol. The third-order valence-electron chi connectivity index (χ3n) is 15.9. The molecule has 0 aromatic rings. The molecule has 502 valence electrons. The highest BCUT2D eigenvalue weighted by Gasteiger charge is 2.43. The molecular formula is C63H116IN11O12. The maximum atomic E-state index is 14.7. The van der Waals surface area contributed by atoms with Crippen LogP contribution in [0, 0.1) is 41.4 Å². The monoisotopic (exact) mass is 1350 g/mol. The normalized spacial score (nSPS) is 16.1. The van der Waals surface area contributed by atoms with Crippen molar-refractivity contribution in [1.82, 2.24) is 55.6 Å². The summed E-state index contributed by atoms with van der Waals surface area (Å²) < 4.78 is 11.6. The number of hydrogen-bond acceptors (Lipinski definition) is 13. The summed E-state index contributed by atoms with van der Waals surface area (Å²) in [7, 11) is 12.4. The van der Waals surface area contributed by atoms with Crippen LogP contribution in [0.4, 0.5) is 0 Å². The molecule has 10 amide bonds. The van der Waals surface area contributed by atoms with E-state index in [1.54, 1.807) is 34.9 Å². The number of hydrogen-bond donors (Lipinski definition) is 5. The molecule has 12 atom stereocenters. The van der Waals surface area contributed by atoms with Crippen molar-refractivity contribution < 1.29 is 56.1 Å². The topological polar surface area (TPSA) is 279 Å². The van der Waals surface area contributed by atoms with Gasteiger partial charge in [-0.3, -0.25) is 55.9 Å². The molecule has 23 nitrogen and oxygen atoms in total. The maximum Gasteiger partial charge on any atom is 0.248 e. The van der Waals surface area contributed by atoms with Gasteiger partial charge in [0.15, 0.2) is 21.2 Å². The molecule has 0 rings (SSSR count). The maximum absolute atomic E-state index is 14.7. The van der Waals surface area contributed by atoms with E-state index >= 15 is 0 Å². The van der Waals surface area contributed by atoms with Gasteiger partial charge in [-0.2, -0.15) is 0 Å². The molecule has 0 radical (unpaired) electrons. The second-order valence-electron chi connectivity index (χ2n) is 26.5. The first-order valence-corrected chi connectivity index (χ1v) is 33.3. The Kier molecular flexibility index (Phi) is 36.8. The zero-order chi connectivity index (χ0) is 67.8. The van der Waals surface area contributed by atoms with E-state index in [-0.39, 0.29) is 67.1 Å². The number of aliphatic hydroxyl groups excluding tert-OH is 1. The first-order valence-electron chi connectivity index (χ1n) is 31.2. The smallest absolute Gasteiger partial charge is 0.248 e.